The maximum Gasteiger partial charge on any atom is 0.221 e. The molecule has 2 saturated heterocycles. The molecule has 0 saturated carbocycles. The first-order valence-corrected chi connectivity index (χ1v) is 4.95. The largest absolute Gasteiger partial charge is 0.381 e. The van der Waals surface area contributed by atoms with E-state index in [0.29, 0.717) is 6.42 Å². The lowest BCUT2D eigenvalue weighted by molar-refractivity contribution is -0.120. The Kier molecular flexibility index (Phi) is 1.88. The van der Waals surface area contributed by atoms with Crippen LogP contribution >= 0.6 is 0 Å². The highest BCUT2D eigenvalue weighted by atomic mass is 16.5. The SMILES string of the molecule is CC1(C)NC(=O)CC12CCOCC2. The molecule has 1 N–H and O–H groups in total. The lowest BCUT2D eigenvalue weighted by Gasteiger charge is -2.42. The van der Waals surface area contributed by atoms with Gasteiger partial charge in [0.05, 0.1) is 0 Å². The Morgan fingerprint density at radius 2 is 1.92 bits per heavy atom. The number of nitrogens with one attached hydrogen (secondary N) is 1. The minimum absolute atomic E-state index is 0.0478. The fraction of sp³-hybridized carbons (Fsp3) is 0.900. The summed E-state index contributed by atoms with van der Waals surface area (Å²) in [4.78, 5) is 11.4. The Bertz CT molecular complexity index is 229. The maximum absolute atomic E-state index is 11.4. The van der Waals surface area contributed by atoms with Gasteiger partial charge in [-0.05, 0) is 26.7 Å². The van der Waals surface area contributed by atoms with Crippen LogP contribution < -0.4 is 5.32 Å². The fourth-order valence-corrected chi connectivity index (χ4v) is 2.62. The Morgan fingerprint density at radius 3 is 2.38 bits per heavy atom. The van der Waals surface area contributed by atoms with Crippen LogP contribution in [0.2, 0.25) is 0 Å². The highest BCUT2D eigenvalue weighted by Gasteiger charge is 2.52. The average molecular weight is 183 g/mol. The Labute approximate surface area is 78.8 Å². The van der Waals surface area contributed by atoms with Crippen molar-refractivity contribution in [1.82, 2.24) is 5.32 Å². The minimum atomic E-state index is -0.0478. The van der Waals surface area contributed by atoms with E-state index in [4.69, 9.17) is 4.74 Å². The zero-order valence-corrected chi connectivity index (χ0v) is 8.35. The normalized spacial score (nSPS) is 30.5. The van der Waals surface area contributed by atoms with Crippen LogP contribution in [0.1, 0.15) is 33.1 Å². The van der Waals surface area contributed by atoms with Crippen molar-refractivity contribution in [2.75, 3.05) is 13.2 Å². The molecule has 74 valence electrons. The van der Waals surface area contributed by atoms with Crippen molar-refractivity contribution in [2.45, 2.75) is 38.6 Å². The third kappa shape index (κ3) is 1.26. The van der Waals surface area contributed by atoms with Gasteiger partial charge in [0.15, 0.2) is 0 Å². The molecule has 2 rings (SSSR count). The Balaban J connectivity index is 2.24. The first kappa shape index (κ1) is 9.00. The summed E-state index contributed by atoms with van der Waals surface area (Å²) in [5.41, 5.74) is 0.107. The van der Waals surface area contributed by atoms with E-state index in [0.717, 1.165) is 26.1 Å². The van der Waals surface area contributed by atoms with Crippen molar-refractivity contribution in [2.24, 2.45) is 5.41 Å². The van der Waals surface area contributed by atoms with Gasteiger partial charge in [-0.2, -0.15) is 0 Å². The van der Waals surface area contributed by atoms with Gasteiger partial charge in [0.1, 0.15) is 0 Å². The molecule has 3 nitrogen and oxygen atoms in total. The zero-order valence-electron chi connectivity index (χ0n) is 8.35. The smallest absolute Gasteiger partial charge is 0.221 e. The maximum atomic E-state index is 11.4. The highest BCUT2D eigenvalue weighted by Crippen LogP contribution is 2.47. The van der Waals surface area contributed by atoms with Crippen LogP contribution in [0.15, 0.2) is 0 Å². The first-order valence-electron chi connectivity index (χ1n) is 4.95. The van der Waals surface area contributed by atoms with E-state index in [9.17, 15) is 4.79 Å². The van der Waals surface area contributed by atoms with Crippen molar-refractivity contribution in [1.29, 1.82) is 0 Å². The van der Waals surface area contributed by atoms with Gasteiger partial charge in [0.2, 0.25) is 5.91 Å². The van der Waals surface area contributed by atoms with E-state index in [1.807, 2.05) is 0 Å². The predicted molar refractivity (Wildman–Crippen MR) is 49.3 cm³/mol. The molecule has 0 aromatic carbocycles. The van der Waals surface area contributed by atoms with Crippen LogP contribution in [0.3, 0.4) is 0 Å². The van der Waals surface area contributed by atoms with E-state index >= 15 is 0 Å². The van der Waals surface area contributed by atoms with Crippen molar-refractivity contribution < 1.29 is 9.53 Å². The Morgan fingerprint density at radius 1 is 1.31 bits per heavy atom. The van der Waals surface area contributed by atoms with Crippen LogP contribution in [-0.4, -0.2) is 24.7 Å². The summed E-state index contributed by atoms with van der Waals surface area (Å²) in [7, 11) is 0. The molecular formula is C10H17NO2. The Hall–Kier alpha value is -0.570. The molecule has 0 aromatic rings. The molecule has 2 aliphatic rings. The number of hydrogen-bond donors (Lipinski definition) is 1. The number of carbonyl (C=O) groups excluding carboxylic acids is 1. The van der Waals surface area contributed by atoms with Gasteiger partial charge < -0.3 is 10.1 Å². The van der Waals surface area contributed by atoms with Crippen molar-refractivity contribution in [3.63, 3.8) is 0 Å². The molecule has 2 heterocycles. The van der Waals surface area contributed by atoms with Gasteiger partial charge in [-0.3, -0.25) is 4.79 Å². The summed E-state index contributed by atoms with van der Waals surface area (Å²) in [6.45, 7) is 5.86. The van der Waals surface area contributed by atoms with Gasteiger partial charge in [0.25, 0.3) is 0 Å². The number of carbonyl (C=O) groups is 1. The molecule has 13 heavy (non-hydrogen) atoms. The molecule has 0 atom stereocenters. The van der Waals surface area contributed by atoms with Crippen molar-refractivity contribution in [3.8, 4) is 0 Å². The number of rotatable bonds is 0. The van der Waals surface area contributed by atoms with Gasteiger partial charge in [-0.25, -0.2) is 0 Å². The summed E-state index contributed by atoms with van der Waals surface area (Å²) < 4.78 is 5.35. The zero-order chi connectivity index (χ0) is 9.53. The molecule has 2 fully saturated rings. The standard InChI is InChI=1S/C10H17NO2/c1-9(2)10(7-8(12)11-9)3-5-13-6-4-10/h3-7H2,1-2H3,(H,11,12). The molecule has 1 amide bonds. The molecule has 0 unspecified atom stereocenters. The van der Waals surface area contributed by atoms with Crippen LogP contribution in [0.25, 0.3) is 0 Å². The molecule has 0 radical (unpaired) electrons. The topological polar surface area (TPSA) is 38.3 Å². The average Bonchev–Trinajstić information content (AvgIpc) is 2.23. The number of ether oxygens (including phenoxy) is 1. The van der Waals surface area contributed by atoms with Crippen LogP contribution in [-0.2, 0) is 9.53 Å². The minimum Gasteiger partial charge on any atom is -0.381 e. The molecule has 0 bridgehead atoms. The third-order valence-corrected chi connectivity index (χ3v) is 3.73. The summed E-state index contributed by atoms with van der Waals surface area (Å²) >= 11 is 0. The monoisotopic (exact) mass is 183 g/mol. The van der Waals surface area contributed by atoms with E-state index in [2.05, 4.69) is 19.2 Å². The predicted octanol–water partition coefficient (Wildman–Crippen LogP) is 1.08. The van der Waals surface area contributed by atoms with E-state index in [-0.39, 0.29) is 16.9 Å². The summed E-state index contributed by atoms with van der Waals surface area (Å²) in [6.07, 6.45) is 2.71. The van der Waals surface area contributed by atoms with Gasteiger partial charge in [-0.15, -0.1) is 0 Å². The second-order valence-corrected chi connectivity index (χ2v) is 4.74. The second kappa shape index (κ2) is 2.71. The summed E-state index contributed by atoms with van der Waals surface area (Å²) in [6, 6.07) is 0. The number of hydrogen-bond acceptors (Lipinski definition) is 2. The second-order valence-electron chi connectivity index (χ2n) is 4.74. The molecule has 0 aromatic heterocycles. The lowest BCUT2D eigenvalue weighted by Crippen LogP contribution is -2.49. The van der Waals surface area contributed by atoms with E-state index < -0.39 is 0 Å². The van der Waals surface area contributed by atoms with E-state index in [1.165, 1.54) is 0 Å². The van der Waals surface area contributed by atoms with Gasteiger partial charge in [-0.1, -0.05) is 0 Å². The summed E-state index contributed by atoms with van der Waals surface area (Å²) in [5.74, 6) is 0.201. The molecular weight excluding hydrogens is 166 g/mol. The highest BCUT2D eigenvalue weighted by molar-refractivity contribution is 5.80. The molecule has 0 aliphatic carbocycles. The van der Waals surface area contributed by atoms with Gasteiger partial charge >= 0.3 is 0 Å². The molecule has 2 aliphatic heterocycles. The van der Waals surface area contributed by atoms with E-state index in [1.54, 1.807) is 0 Å². The van der Waals surface area contributed by atoms with Crippen LogP contribution in [0.5, 0.6) is 0 Å². The van der Waals surface area contributed by atoms with Crippen molar-refractivity contribution >= 4 is 5.91 Å². The molecule has 3 heteroatoms. The van der Waals surface area contributed by atoms with Crippen molar-refractivity contribution in [3.05, 3.63) is 0 Å². The first-order chi connectivity index (χ1) is 6.06. The summed E-state index contributed by atoms with van der Waals surface area (Å²) in [5, 5.41) is 3.06. The van der Waals surface area contributed by atoms with Gasteiger partial charge in [0, 0.05) is 30.6 Å². The van der Waals surface area contributed by atoms with Crippen LogP contribution in [0, 0.1) is 5.41 Å². The quantitative estimate of drug-likeness (QED) is 0.610. The molecule has 1 spiro atoms. The fourth-order valence-electron chi connectivity index (χ4n) is 2.62. The third-order valence-electron chi connectivity index (χ3n) is 3.73. The number of amides is 1. The lowest BCUT2D eigenvalue weighted by atomic mass is 9.67. The van der Waals surface area contributed by atoms with Crippen LogP contribution in [0.4, 0.5) is 0 Å².